The fraction of sp³-hybridized carbons (Fsp3) is 0.375. The van der Waals surface area contributed by atoms with Crippen molar-refractivity contribution in [2.45, 2.75) is 48.0 Å². The molecular formula is C24H29N2S+. The van der Waals surface area contributed by atoms with Gasteiger partial charge in [0.05, 0.1) is 0 Å². The molecule has 0 radical (unpaired) electrons. The summed E-state index contributed by atoms with van der Waals surface area (Å²) in [6.45, 7) is 13.4. The minimum absolute atomic E-state index is 1.01. The van der Waals surface area contributed by atoms with E-state index in [0.717, 1.165) is 6.42 Å². The summed E-state index contributed by atoms with van der Waals surface area (Å²) >= 11 is 1.90. The summed E-state index contributed by atoms with van der Waals surface area (Å²) in [4.78, 5) is 2.39. The van der Waals surface area contributed by atoms with E-state index >= 15 is 0 Å². The van der Waals surface area contributed by atoms with Crippen molar-refractivity contribution >= 4 is 33.3 Å². The van der Waals surface area contributed by atoms with Crippen LogP contribution in [-0.4, -0.2) is 7.05 Å². The molecule has 0 unspecified atom stereocenters. The summed E-state index contributed by atoms with van der Waals surface area (Å²) in [6.07, 6.45) is 3.40. The Labute approximate surface area is 166 Å². The Kier molecular flexibility index (Phi) is 4.19. The van der Waals surface area contributed by atoms with Gasteiger partial charge in [-0.3, -0.25) is 0 Å². The van der Waals surface area contributed by atoms with Gasteiger partial charge in [-0.05, 0) is 81.0 Å². The highest BCUT2D eigenvalue weighted by Crippen LogP contribution is 2.40. The van der Waals surface area contributed by atoms with Crippen LogP contribution in [0.4, 0.5) is 5.69 Å². The van der Waals surface area contributed by atoms with Crippen LogP contribution in [0.25, 0.3) is 16.3 Å². The van der Waals surface area contributed by atoms with E-state index in [1.165, 1.54) is 65.6 Å². The fourth-order valence-corrected chi connectivity index (χ4v) is 5.72. The van der Waals surface area contributed by atoms with Gasteiger partial charge in [-0.25, -0.2) is 0 Å². The number of allylic oxidation sites excluding steroid dienone is 1. The molecule has 0 saturated heterocycles. The van der Waals surface area contributed by atoms with E-state index in [1.807, 2.05) is 11.3 Å². The van der Waals surface area contributed by atoms with Gasteiger partial charge in [0.25, 0.3) is 5.01 Å². The van der Waals surface area contributed by atoms with Gasteiger partial charge in [-0.2, -0.15) is 4.57 Å². The first-order valence-corrected chi connectivity index (χ1v) is 10.5. The lowest BCUT2D eigenvalue weighted by Gasteiger charge is -2.19. The third-order valence-electron chi connectivity index (χ3n) is 6.60. The lowest BCUT2D eigenvalue weighted by molar-refractivity contribution is -0.642. The van der Waals surface area contributed by atoms with Crippen LogP contribution in [0.1, 0.15) is 44.0 Å². The Morgan fingerprint density at radius 3 is 2.26 bits per heavy atom. The molecule has 0 N–H and O–H groups in total. The molecule has 0 atom stereocenters. The predicted molar refractivity (Wildman–Crippen MR) is 118 cm³/mol. The average Bonchev–Trinajstić information content (AvgIpc) is 3.08. The molecule has 140 valence electrons. The van der Waals surface area contributed by atoms with Crippen molar-refractivity contribution in [1.82, 2.24) is 0 Å². The van der Waals surface area contributed by atoms with Crippen molar-refractivity contribution in [3.8, 4) is 0 Å². The van der Waals surface area contributed by atoms with E-state index < -0.39 is 0 Å². The SMILES string of the molecule is Cc1cc2c(c(C)c1C)N(C)C(=Cc1sc3cc(C)c(C)c(C)c3[n+]1C)C2. The van der Waals surface area contributed by atoms with E-state index in [-0.39, 0.29) is 0 Å². The van der Waals surface area contributed by atoms with E-state index in [0.29, 0.717) is 0 Å². The largest absolute Gasteiger partial charge is 0.347 e. The van der Waals surface area contributed by atoms with Gasteiger partial charge in [0.1, 0.15) is 11.7 Å². The molecule has 2 aromatic carbocycles. The van der Waals surface area contributed by atoms with Crippen LogP contribution in [0, 0.1) is 41.5 Å². The summed E-state index contributed by atoms with van der Waals surface area (Å²) in [5.74, 6) is 0. The average molecular weight is 378 g/mol. The monoisotopic (exact) mass is 377 g/mol. The van der Waals surface area contributed by atoms with Gasteiger partial charge in [-0.1, -0.05) is 17.4 Å². The summed E-state index contributed by atoms with van der Waals surface area (Å²) in [5, 5.41) is 1.32. The summed E-state index contributed by atoms with van der Waals surface area (Å²) < 4.78 is 3.75. The number of anilines is 1. The highest BCUT2D eigenvalue weighted by Gasteiger charge is 2.27. The minimum Gasteiger partial charge on any atom is -0.347 e. The van der Waals surface area contributed by atoms with Gasteiger partial charge in [-0.15, -0.1) is 0 Å². The summed E-state index contributed by atoms with van der Waals surface area (Å²) in [5.41, 5.74) is 14.0. The second kappa shape index (κ2) is 6.20. The number of hydrogen-bond donors (Lipinski definition) is 0. The molecule has 2 heterocycles. The van der Waals surface area contributed by atoms with E-state index in [9.17, 15) is 0 Å². The van der Waals surface area contributed by atoms with Crippen LogP contribution in [0.15, 0.2) is 17.8 Å². The van der Waals surface area contributed by atoms with Crippen molar-refractivity contribution in [3.63, 3.8) is 0 Å². The molecule has 3 aromatic rings. The maximum atomic E-state index is 2.39. The maximum absolute atomic E-state index is 2.39. The van der Waals surface area contributed by atoms with E-state index in [4.69, 9.17) is 0 Å². The standard InChI is InChI=1S/C24H29N2S/c1-13-9-19-11-20(25(7)23(19)17(5)15(13)3)12-22-26(8)24-18(6)16(4)14(2)10-21(24)27-22/h9-10,12H,11H2,1-8H3/q+1. The highest BCUT2D eigenvalue weighted by atomic mass is 32.1. The fourth-order valence-electron chi connectivity index (χ4n) is 4.45. The Hall–Kier alpha value is -2.13. The van der Waals surface area contributed by atoms with E-state index in [1.54, 1.807) is 0 Å². The molecular weight excluding hydrogens is 348 g/mol. The van der Waals surface area contributed by atoms with Crippen molar-refractivity contribution in [2.75, 3.05) is 11.9 Å². The zero-order chi connectivity index (χ0) is 19.6. The van der Waals surface area contributed by atoms with Crippen LogP contribution >= 0.6 is 11.3 Å². The van der Waals surface area contributed by atoms with Crippen molar-refractivity contribution in [3.05, 3.63) is 61.8 Å². The third kappa shape index (κ3) is 2.63. The van der Waals surface area contributed by atoms with Crippen LogP contribution in [0.3, 0.4) is 0 Å². The number of aromatic nitrogens is 1. The van der Waals surface area contributed by atoms with Crippen LogP contribution < -0.4 is 9.47 Å². The topological polar surface area (TPSA) is 7.12 Å². The molecule has 4 rings (SSSR count). The molecule has 1 aliphatic heterocycles. The summed E-state index contributed by atoms with van der Waals surface area (Å²) in [7, 11) is 4.42. The predicted octanol–water partition coefficient (Wildman–Crippen LogP) is 5.61. The first-order valence-electron chi connectivity index (χ1n) is 9.64. The Morgan fingerprint density at radius 2 is 1.56 bits per heavy atom. The number of nitrogens with zero attached hydrogens (tertiary/aromatic N) is 2. The second-order valence-corrected chi connectivity index (χ2v) is 9.17. The van der Waals surface area contributed by atoms with Gasteiger partial charge < -0.3 is 4.90 Å². The minimum atomic E-state index is 1.01. The van der Waals surface area contributed by atoms with Crippen molar-refractivity contribution < 1.29 is 4.57 Å². The first kappa shape index (κ1) is 18.2. The van der Waals surface area contributed by atoms with Gasteiger partial charge in [0.2, 0.25) is 5.52 Å². The zero-order valence-corrected chi connectivity index (χ0v) is 18.6. The number of benzene rings is 2. The Balaban J connectivity index is 1.85. The quantitative estimate of drug-likeness (QED) is 0.500. The molecule has 27 heavy (non-hydrogen) atoms. The first-order chi connectivity index (χ1) is 12.7. The van der Waals surface area contributed by atoms with Gasteiger partial charge >= 0.3 is 0 Å². The molecule has 0 fully saturated rings. The Morgan fingerprint density at radius 1 is 0.926 bits per heavy atom. The smallest absolute Gasteiger partial charge is 0.264 e. The van der Waals surface area contributed by atoms with Crippen molar-refractivity contribution in [2.24, 2.45) is 7.05 Å². The maximum Gasteiger partial charge on any atom is 0.264 e. The number of likely N-dealkylation sites (N-methyl/N-ethyl adjacent to an activating group) is 1. The number of aryl methyl sites for hydroxylation is 4. The van der Waals surface area contributed by atoms with E-state index in [2.05, 4.69) is 83.3 Å². The molecule has 2 nitrogen and oxygen atoms in total. The summed E-state index contributed by atoms with van der Waals surface area (Å²) in [6, 6.07) is 4.71. The second-order valence-electron chi connectivity index (χ2n) is 8.11. The number of rotatable bonds is 1. The number of thiazole rings is 1. The highest BCUT2D eigenvalue weighted by molar-refractivity contribution is 7.18. The third-order valence-corrected chi connectivity index (χ3v) is 7.73. The molecule has 0 bridgehead atoms. The van der Waals surface area contributed by atoms with Crippen LogP contribution in [-0.2, 0) is 13.5 Å². The van der Waals surface area contributed by atoms with Crippen LogP contribution in [0.2, 0.25) is 0 Å². The molecule has 1 aromatic heterocycles. The number of fused-ring (bicyclic) bond motifs is 2. The lowest BCUT2D eigenvalue weighted by Crippen LogP contribution is -2.30. The molecule has 0 saturated carbocycles. The molecule has 3 heteroatoms. The molecule has 0 spiro atoms. The molecule has 0 amide bonds. The lowest BCUT2D eigenvalue weighted by atomic mass is 9.98. The van der Waals surface area contributed by atoms with Gasteiger partial charge in [0, 0.05) is 36.5 Å². The normalized spacial score (nSPS) is 15.3. The van der Waals surface area contributed by atoms with Crippen molar-refractivity contribution in [1.29, 1.82) is 0 Å². The number of hydrogen-bond acceptors (Lipinski definition) is 2. The molecule has 1 aliphatic rings. The zero-order valence-electron chi connectivity index (χ0n) is 17.7. The Bertz CT molecular complexity index is 1130. The van der Waals surface area contributed by atoms with Crippen LogP contribution in [0.5, 0.6) is 0 Å². The molecule has 0 aliphatic carbocycles. The van der Waals surface area contributed by atoms with Gasteiger partial charge in [0.15, 0.2) is 0 Å².